The number of aryl methyl sites for hydroxylation is 2. The average molecular weight is 511 g/mol. The van der Waals surface area contributed by atoms with Crippen LogP contribution in [0.25, 0.3) is 16.9 Å². The number of ether oxygens (including phenoxy) is 1. The molecule has 0 N–H and O–H groups in total. The van der Waals surface area contributed by atoms with Gasteiger partial charge in [-0.05, 0) is 43.7 Å². The lowest BCUT2D eigenvalue weighted by Crippen LogP contribution is -2.24. The van der Waals surface area contributed by atoms with E-state index in [1.807, 2.05) is 52.0 Å². The van der Waals surface area contributed by atoms with E-state index < -0.39 is 17.2 Å². The maximum Gasteiger partial charge on any atom is 0.280 e. The molecule has 9 heteroatoms. The van der Waals surface area contributed by atoms with Crippen LogP contribution in [0, 0.1) is 25.5 Å². The van der Waals surface area contributed by atoms with E-state index in [0.717, 1.165) is 29.0 Å². The van der Waals surface area contributed by atoms with Crippen LogP contribution < -0.4 is 10.3 Å². The van der Waals surface area contributed by atoms with Crippen LogP contribution in [0.1, 0.15) is 43.5 Å². The van der Waals surface area contributed by atoms with E-state index in [1.165, 1.54) is 10.6 Å². The summed E-state index contributed by atoms with van der Waals surface area (Å²) in [6.07, 6.45) is 1.72. The number of aromatic nitrogens is 4. The minimum Gasteiger partial charge on any atom is -0.471 e. The van der Waals surface area contributed by atoms with E-state index in [-0.39, 0.29) is 28.5 Å². The Balaban J connectivity index is 1.72. The molecule has 4 rings (SSSR count). The van der Waals surface area contributed by atoms with Gasteiger partial charge in [-0.25, -0.2) is 18.7 Å². The summed E-state index contributed by atoms with van der Waals surface area (Å²) < 4.78 is 34.1. The molecule has 0 bridgehead atoms. The SMILES string of the molecule is Cc1ccc(-c2ccnc(C(C)(C)C)n2)cc1-n1c(C)nc(OCc2ccc(F)cc2F)c(Cl)c1=O. The zero-order valence-electron chi connectivity index (χ0n) is 20.6. The normalized spacial score (nSPS) is 11.6. The highest BCUT2D eigenvalue weighted by Gasteiger charge is 2.20. The third kappa shape index (κ3) is 5.14. The van der Waals surface area contributed by atoms with Crippen molar-refractivity contribution in [3.05, 3.63) is 98.4 Å². The van der Waals surface area contributed by atoms with Crippen LogP contribution in [0.5, 0.6) is 5.88 Å². The van der Waals surface area contributed by atoms with Crippen LogP contribution >= 0.6 is 11.6 Å². The lowest BCUT2D eigenvalue weighted by molar-refractivity contribution is 0.285. The Morgan fingerprint density at radius 3 is 2.47 bits per heavy atom. The van der Waals surface area contributed by atoms with Crippen molar-refractivity contribution in [2.75, 3.05) is 0 Å². The Morgan fingerprint density at radius 2 is 1.78 bits per heavy atom. The molecule has 6 nitrogen and oxygen atoms in total. The highest BCUT2D eigenvalue weighted by Crippen LogP contribution is 2.27. The number of rotatable bonds is 5. The Bertz CT molecular complexity index is 1510. The second kappa shape index (κ2) is 9.78. The lowest BCUT2D eigenvalue weighted by Gasteiger charge is -2.18. The first-order chi connectivity index (χ1) is 17.0. The molecule has 0 saturated carbocycles. The highest BCUT2D eigenvalue weighted by atomic mass is 35.5. The second-order valence-corrected chi connectivity index (χ2v) is 9.84. The third-order valence-electron chi connectivity index (χ3n) is 5.62. The molecule has 36 heavy (non-hydrogen) atoms. The number of nitrogens with zero attached hydrogens (tertiary/aromatic N) is 4. The highest BCUT2D eigenvalue weighted by molar-refractivity contribution is 6.31. The van der Waals surface area contributed by atoms with E-state index in [1.54, 1.807) is 13.1 Å². The van der Waals surface area contributed by atoms with Crippen molar-refractivity contribution in [2.45, 2.75) is 46.6 Å². The summed E-state index contributed by atoms with van der Waals surface area (Å²) in [5, 5.41) is -0.245. The van der Waals surface area contributed by atoms with E-state index in [0.29, 0.717) is 17.3 Å². The first-order valence-electron chi connectivity index (χ1n) is 11.3. The predicted octanol–water partition coefficient (Wildman–Crippen LogP) is 6.11. The van der Waals surface area contributed by atoms with Crippen LogP contribution in [0.4, 0.5) is 8.78 Å². The van der Waals surface area contributed by atoms with Gasteiger partial charge in [0, 0.05) is 28.8 Å². The van der Waals surface area contributed by atoms with Crippen molar-refractivity contribution in [3.8, 4) is 22.8 Å². The Labute approximate surface area is 212 Å². The standard InChI is InChI=1S/C27H25ClF2N4O2/c1-15-6-7-17(21-10-11-31-26(33-21)27(3,4)5)12-22(15)34-16(2)32-24(23(28)25(34)35)36-14-18-8-9-19(29)13-20(18)30/h6-13H,14H2,1-5H3. The van der Waals surface area contributed by atoms with Crippen molar-refractivity contribution < 1.29 is 13.5 Å². The largest absolute Gasteiger partial charge is 0.471 e. The molecule has 2 aromatic carbocycles. The van der Waals surface area contributed by atoms with Crippen molar-refractivity contribution in [2.24, 2.45) is 0 Å². The summed E-state index contributed by atoms with van der Waals surface area (Å²) >= 11 is 6.34. The lowest BCUT2D eigenvalue weighted by atomic mass is 9.95. The van der Waals surface area contributed by atoms with Crippen LogP contribution in [-0.4, -0.2) is 19.5 Å². The van der Waals surface area contributed by atoms with Gasteiger partial charge in [-0.15, -0.1) is 0 Å². The molecule has 0 fully saturated rings. The Hall–Kier alpha value is -3.65. The molecule has 0 aliphatic rings. The fourth-order valence-corrected chi connectivity index (χ4v) is 3.82. The summed E-state index contributed by atoms with van der Waals surface area (Å²) in [7, 11) is 0. The molecule has 0 aliphatic carbocycles. The van der Waals surface area contributed by atoms with E-state index in [2.05, 4.69) is 9.97 Å². The Morgan fingerprint density at radius 1 is 1.03 bits per heavy atom. The molecule has 0 saturated heterocycles. The Kier molecular flexibility index (Phi) is 6.91. The molecule has 0 aliphatic heterocycles. The molecule has 0 spiro atoms. The van der Waals surface area contributed by atoms with Gasteiger partial charge in [0.05, 0.1) is 11.4 Å². The van der Waals surface area contributed by atoms with Gasteiger partial charge in [0.25, 0.3) is 5.56 Å². The van der Waals surface area contributed by atoms with Gasteiger partial charge >= 0.3 is 0 Å². The van der Waals surface area contributed by atoms with Gasteiger partial charge in [0.15, 0.2) is 5.02 Å². The average Bonchev–Trinajstić information content (AvgIpc) is 2.82. The molecule has 2 heterocycles. The van der Waals surface area contributed by atoms with Gasteiger partial charge < -0.3 is 4.74 Å². The number of halogens is 3. The molecule has 0 radical (unpaired) electrons. The summed E-state index contributed by atoms with van der Waals surface area (Å²) in [4.78, 5) is 26.7. The summed E-state index contributed by atoms with van der Waals surface area (Å²) in [6.45, 7) is 9.38. The van der Waals surface area contributed by atoms with Crippen LogP contribution in [0.15, 0.2) is 53.5 Å². The summed E-state index contributed by atoms with van der Waals surface area (Å²) in [6, 6.07) is 10.6. The van der Waals surface area contributed by atoms with E-state index in [4.69, 9.17) is 21.3 Å². The van der Waals surface area contributed by atoms with Gasteiger partial charge in [-0.1, -0.05) is 44.5 Å². The van der Waals surface area contributed by atoms with Crippen molar-refractivity contribution in [3.63, 3.8) is 0 Å². The number of hydrogen-bond acceptors (Lipinski definition) is 5. The van der Waals surface area contributed by atoms with Crippen molar-refractivity contribution in [1.29, 1.82) is 0 Å². The molecule has 186 valence electrons. The fraction of sp³-hybridized carbons (Fsp3) is 0.259. The maximum atomic E-state index is 14.0. The van der Waals surface area contributed by atoms with Crippen LogP contribution in [0.2, 0.25) is 5.02 Å². The third-order valence-corrected chi connectivity index (χ3v) is 5.94. The number of hydrogen-bond donors (Lipinski definition) is 0. The minimum absolute atomic E-state index is 0.110. The predicted molar refractivity (Wildman–Crippen MR) is 135 cm³/mol. The minimum atomic E-state index is -0.761. The van der Waals surface area contributed by atoms with Crippen LogP contribution in [0.3, 0.4) is 0 Å². The van der Waals surface area contributed by atoms with E-state index >= 15 is 0 Å². The first-order valence-corrected chi connectivity index (χ1v) is 11.6. The quantitative estimate of drug-likeness (QED) is 0.324. The molecule has 0 amide bonds. The molecular formula is C27H25ClF2N4O2. The smallest absolute Gasteiger partial charge is 0.280 e. The van der Waals surface area contributed by atoms with Gasteiger partial charge in [-0.3, -0.25) is 9.36 Å². The second-order valence-electron chi connectivity index (χ2n) is 9.46. The molecule has 0 atom stereocenters. The van der Waals surface area contributed by atoms with Gasteiger partial charge in [-0.2, -0.15) is 4.98 Å². The van der Waals surface area contributed by atoms with Gasteiger partial charge in [0.1, 0.15) is 29.9 Å². The van der Waals surface area contributed by atoms with Gasteiger partial charge in [0.2, 0.25) is 5.88 Å². The van der Waals surface area contributed by atoms with Crippen LogP contribution in [-0.2, 0) is 12.0 Å². The fourth-order valence-electron chi connectivity index (χ4n) is 3.64. The number of benzene rings is 2. The summed E-state index contributed by atoms with van der Waals surface area (Å²) in [5.74, 6) is -0.543. The maximum absolute atomic E-state index is 14.0. The zero-order valence-corrected chi connectivity index (χ0v) is 21.3. The molecule has 4 aromatic rings. The topological polar surface area (TPSA) is 69.9 Å². The van der Waals surface area contributed by atoms with Crippen molar-refractivity contribution >= 4 is 11.6 Å². The molecule has 0 unspecified atom stereocenters. The molecule has 2 aromatic heterocycles. The van der Waals surface area contributed by atoms with Crippen molar-refractivity contribution in [1.82, 2.24) is 19.5 Å². The monoisotopic (exact) mass is 510 g/mol. The van der Waals surface area contributed by atoms with E-state index in [9.17, 15) is 13.6 Å². The zero-order chi connectivity index (χ0) is 26.2. The first kappa shape index (κ1) is 25.4. The summed E-state index contributed by atoms with van der Waals surface area (Å²) in [5.41, 5.74) is 2.31. The molecular weight excluding hydrogens is 486 g/mol.